The molecule has 0 bridgehead atoms. The van der Waals surface area contributed by atoms with Crippen LogP contribution in [0.25, 0.3) is 0 Å². The maximum absolute atomic E-state index is 11.9. The van der Waals surface area contributed by atoms with Crippen molar-refractivity contribution in [1.82, 2.24) is 10.6 Å². The van der Waals surface area contributed by atoms with E-state index in [0.717, 1.165) is 24.8 Å². The number of hydrogen-bond donors (Lipinski definition) is 5. The average molecular weight is 450 g/mol. The number of rotatable bonds is 16. The molecule has 7 N–H and O–H groups in total. The Morgan fingerprint density at radius 2 is 1.69 bits per heavy atom. The molecule has 0 aliphatic carbocycles. The molecule has 1 aromatic rings. The van der Waals surface area contributed by atoms with Gasteiger partial charge < -0.3 is 31.9 Å². The summed E-state index contributed by atoms with van der Waals surface area (Å²) in [6.07, 6.45) is 2.86. The van der Waals surface area contributed by atoms with Gasteiger partial charge in [0.1, 0.15) is 12.7 Å². The number of nitrogens with one attached hydrogen (secondary N) is 2. The zero-order chi connectivity index (χ0) is 23.6. The highest BCUT2D eigenvalue weighted by atomic mass is 16.5. The number of carbonyl (C=O) groups excluding carboxylic acids is 3. The Balaban J connectivity index is 2.03. The molecule has 1 rings (SSSR count). The number of nitrogens with two attached hydrogens (primary N) is 2. The third-order valence-electron chi connectivity index (χ3n) is 4.50. The molecule has 32 heavy (non-hydrogen) atoms. The zero-order valence-corrected chi connectivity index (χ0v) is 18.4. The highest BCUT2D eigenvalue weighted by molar-refractivity contribution is 5.82. The number of ether oxygens (including phenoxy) is 1. The maximum Gasteiger partial charge on any atom is 0.306 e. The number of carbonyl (C=O) groups is 3. The predicted molar refractivity (Wildman–Crippen MR) is 121 cm³/mol. The topological polar surface area (TPSA) is 169 Å². The van der Waals surface area contributed by atoms with Crippen LogP contribution in [0.2, 0.25) is 0 Å². The van der Waals surface area contributed by atoms with Crippen molar-refractivity contribution in [2.45, 2.75) is 57.7 Å². The predicted octanol–water partition coefficient (Wildman–Crippen LogP) is 0.327. The third-order valence-corrected chi connectivity index (χ3v) is 4.50. The van der Waals surface area contributed by atoms with Crippen molar-refractivity contribution in [1.29, 1.82) is 0 Å². The van der Waals surface area contributed by atoms with Crippen molar-refractivity contribution in [2.75, 3.05) is 19.6 Å². The highest BCUT2D eigenvalue weighted by Crippen LogP contribution is 2.04. The number of aliphatic hydroxyl groups is 1. The van der Waals surface area contributed by atoms with Crippen molar-refractivity contribution in [3.05, 3.63) is 35.9 Å². The van der Waals surface area contributed by atoms with Gasteiger partial charge in [0.25, 0.3) is 5.91 Å². The molecule has 1 aromatic carbocycles. The molecule has 178 valence electrons. The van der Waals surface area contributed by atoms with Gasteiger partial charge in [0.15, 0.2) is 5.96 Å². The molecule has 0 spiro atoms. The summed E-state index contributed by atoms with van der Waals surface area (Å²) in [7, 11) is 0. The normalized spacial score (nSPS) is 11.3. The standard InChI is InChI=1S/C22H35N5O5/c23-22(24)26-13-7-2-1-6-11-19(29)27-15-18(28)21(31)25-14-8-12-20(30)32-16-17-9-4-3-5-10-17/h3-5,9-10,18,28H,1-2,6-8,11-16H2,(H,25,31)(H,27,29)(H4,23,24,26). The summed E-state index contributed by atoms with van der Waals surface area (Å²) >= 11 is 0. The van der Waals surface area contributed by atoms with Crippen LogP contribution in [0.1, 0.15) is 50.5 Å². The van der Waals surface area contributed by atoms with Gasteiger partial charge in [0, 0.05) is 25.9 Å². The van der Waals surface area contributed by atoms with Gasteiger partial charge in [-0.2, -0.15) is 0 Å². The Bertz CT molecular complexity index is 723. The van der Waals surface area contributed by atoms with Gasteiger partial charge >= 0.3 is 5.97 Å². The van der Waals surface area contributed by atoms with Gasteiger partial charge in [0.05, 0.1) is 6.54 Å². The Hall–Kier alpha value is -3.14. The molecule has 0 saturated heterocycles. The minimum absolute atomic E-state index is 0.0771. The first-order valence-corrected chi connectivity index (χ1v) is 10.9. The van der Waals surface area contributed by atoms with Crippen LogP contribution in [0.3, 0.4) is 0 Å². The molecule has 0 radical (unpaired) electrons. The Morgan fingerprint density at radius 3 is 2.41 bits per heavy atom. The van der Waals surface area contributed by atoms with Gasteiger partial charge in [-0.25, -0.2) is 0 Å². The number of unbranched alkanes of at least 4 members (excludes halogenated alkanes) is 3. The summed E-state index contributed by atoms with van der Waals surface area (Å²) < 4.78 is 5.15. The van der Waals surface area contributed by atoms with E-state index in [1.165, 1.54) is 0 Å². The van der Waals surface area contributed by atoms with E-state index in [2.05, 4.69) is 15.6 Å². The molecule has 1 unspecified atom stereocenters. The Morgan fingerprint density at radius 1 is 0.969 bits per heavy atom. The van der Waals surface area contributed by atoms with Crippen LogP contribution in [0.4, 0.5) is 0 Å². The second-order valence-corrected chi connectivity index (χ2v) is 7.33. The fraction of sp³-hybridized carbons (Fsp3) is 0.545. The van der Waals surface area contributed by atoms with Crippen LogP contribution in [0.5, 0.6) is 0 Å². The first-order valence-electron chi connectivity index (χ1n) is 10.9. The number of hydrogen-bond acceptors (Lipinski definition) is 6. The fourth-order valence-corrected chi connectivity index (χ4v) is 2.72. The van der Waals surface area contributed by atoms with Crippen molar-refractivity contribution >= 4 is 23.7 Å². The molecule has 0 fully saturated rings. The molecule has 1 atom stereocenters. The highest BCUT2D eigenvalue weighted by Gasteiger charge is 2.15. The van der Waals surface area contributed by atoms with E-state index < -0.39 is 12.0 Å². The van der Waals surface area contributed by atoms with Gasteiger partial charge in [0.2, 0.25) is 5.91 Å². The number of guanidine groups is 1. The number of aliphatic hydroxyl groups excluding tert-OH is 1. The van der Waals surface area contributed by atoms with Crippen LogP contribution < -0.4 is 22.1 Å². The van der Waals surface area contributed by atoms with Crippen LogP contribution in [0, 0.1) is 0 Å². The SMILES string of the molecule is NC(N)=NCCCCCCC(=O)NCC(O)C(=O)NCCCC(=O)OCc1ccccc1. The van der Waals surface area contributed by atoms with Crippen LogP contribution >= 0.6 is 0 Å². The summed E-state index contributed by atoms with van der Waals surface area (Å²) in [5.74, 6) is -1.09. The molecular formula is C22H35N5O5. The summed E-state index contributed by atoms with van der Waals surface area (Å²) in [6.45, 7) is 0.853. The van der Waals surface area contributed by atoms with Crippen molar-refractivity contribution in [3.63, 3.8) is 0 Å². The summed E-state index contributed by atoms with van der Waals surface area (Å²) in [4.78, 5) is 39.2. The summed E-state index contributed by atoms with van der Waals surface area (Å²) in [5.41, 5.74) is 11.4. The van der Waals surface area contributed by atoms with Gasteiger partial charge in [-0.05, 0) is 24.8 Å². The monoisotopic (exact) mass is 449 g/mol. The van der Waals surface area contributed by atoms with E-state index in [-0.39, 0.29) is 44.0 Å². The molecule has 2 amide bonds. The molecule has 0 aliphatic heterocycles. The molecular weight excluding hydrogens is 414 g/mol. The lowest BCUT2D eigenvalue weighted by atomic mass is 10.1. The van der Waals surface area contributed by atoms with E-state index in [1.54, 1.807) is 0 Å². The lowest BCUT2D eigenvalue weighted by Crippen LogP contribution is -2.43. The van der Waals surface area contributed by atoms with E-state index in [1.807, 2.05) is 30.3 Å². The van der Waals surface area contributed by atoms with Crippen molar-refractivity contribution in [2.24, 2.45) is 16.5 Å². The molecule has 10 nitrogen and oxygen atoms in total. The van der Waals surface area contributed by atoms with Crippen LogP contribution in [-0.2, 0) is 25.7 Å². The zero-order valence-electron chi connectivity index (χ0n) is 18.4. The van der Waals surface area contributed by atoms with Gasteiger partial charge in [-0.3, -0.25) is 19.4 Å². The first-order chi connectivity index (χ1) is 15.4. The van der Waals surface area contributed by atoms with Crippen LogP contribution in [0.15, 0.2) is 35.3 Å². The molecule has 0 aliphatic rings. The lowest BCUT2D eigenvalue weighted by molar-refractivity contribution is -0.145. The maximum atomic E-state index is 11.9. The second-order valence-electron chi connectivity index (χ2n) is 7.33. The minimum atomic E-state index is -1.34. The molecule has 0 aromatic heterocycles. The third kappa shape index (κ3) is 14.0. The Labute approximate surface area is 188 Å². The van der Waals surface area contributed by atoms with E-state index in [0.29, 0.717) is 25.8 Å². The summed E-state index contributed by atoms with van der Waals surface area (Å²) in [6, 6.07) is 9.35. The molecule has 0 saturated carbocycles. The van der Waals surface area contributed by atoms with E-state index in [9.17, 15) is 19.5 Å². The van der Waals surface area contributed by atoms with E-state index >= 15 is 0 Å². The molecule has 0 heterocycles. The number of amides is 2. The second kappa shape index (κ2) is 16.5. The first kappa shape index (κ1) is 26.9. The number of esters is 1. The lowest BCUT2D eigenvalue weighted by Gasteiger charge is -2.12. The van der Waals surface area contributed by atoms with Gasteiger partial charge in [-0.1, -0.05) is 43.2 Å². The molecule has 10 heteroatoms. The quantitative estimate of drug-likeness (QED) is 0.105. The summed E-state index contributed by atoms with van der Waals surface area (Å²) in [5, 5.41) is 14.9. The number of aliphatic imine (C=N–C) groups is 1. The van der Waals surface area contributed by atoms with Crippen molar-refractivity contribution in [3.8, 4) is 0 Å². The Kier molecular flexibility index (Phi) is 13.9. The largest absolute Gasteiger partial charge is 0.461 e. The number of nitrogens with zero attached hydrogens (tertiary/aromatic N) is 1. The van der Waals surface area contributed by atoms with E-state index in [4.69, 9.17) is 16.2 Å². The minimum Gasteiger partial charge on any atom is -0.461 e. The fourth-order valence-electron chi connectivity index (χ4n) is 2.72. The van der Waals surface area contributed by atoms with Gasteiger partial charge in [-0.15, -0.1) is 0 Å². The average Bonchev–Trinajstić information content (AvgIpc) is 2.78. The smallest absolute Gasteiger partial charge is 0.306 e. The number of benzene rings is 1. The van der Waals surface area contributed by atoms with Crippen LogP contribution in [-0.4, -0.2) is 54.6 Å². The van der Waals surface area contributed by atoms with Crippen molar-refractivity contribution < 1.29 is 24.2 Å².